The monoisotopic (exact) mass is 443 g/mol. The molecule has 4 rings (SSSR count). The van der Waals surface area contributed by atoms with Gasteiger partial charge in [-0.3, -0.25) is 9.40 Å². The van der Waals surface area contributed by atoms with Crippen LogP contribution in [-0.4, -0.2) is 40.9 Å². The van der Waals surface area contributed by atoms with Crippen molar-refractivity contribution in [1.82, 2.24) is 14.7 Å². The molecular formula is C18H20F3N5O3S. The molecule has 2 aliphatic rings. The van der Waals surface area contributed by atoms with E-state index in [1.54, 1.807) is 4.68 Å². The van der Waals surface area contributed by atoms with Gasteiger partial charge in [0.15, 0.2) is 17.5 Å². The van der Waals surface area contributed by atoms with Crippen LogP contribution in [0, 0.1) is 17.5 Å². The maximum atomic E-state index is 13.5. The highest BCUT2D eigenvalue weighted by Crippen LogP contribution is 2.41. The van der Waals surface area contributed by atoms with Gasteiger partial charge in [0.05, 0.1) is 42.0 Å². The van der Waals surface area contributed by atoms with Gasteiger partial charge in [0.25, 0.3) is 0 Å². The summed E-state index contributed by atoms with van der Waals surface area (Å²) in [4.78, 5) is 14.4. The fourth-order valence-electron chi connectivity index (χ4n) is 4.05. The lowest BCUT2D eigenvalue weighted by atomic mass is 10.1. The number of nitrogens with one attached hydrogen (secondary N) is 2. The Morgan fingerprint density at radius 1 is 1.20 bits per heavy atom. The number of amides is 2. The number of anilines is 2. The number of aromatic nitrogens is 2. The van der Waals surface area contributed by atoms with E-state index >= 15 is 0 Å². The van der Waals surface area contributed by atoms with Crippen LogP contribution < -0.4 is 10.0 Å². The van der Waals surface area contributed by atoms with Crippen molar-refractivity contribution in [2.24, 2.45) is 0 Å². The summed E-state index contributed by atoms with van der Waals surface area (Å²) in [6.07, 6.45) is 3.72. The second kappa shape index (κ2) is 7.49. The van der Waals surface area contributed by atoms with E-state index in [1.807, 2.05) is 0 Å². The molecule has 0 radical (unpaired) electrons. The Balaban J connectivity index is 1.62. The van der Waals surface area contributed by atoms with E-state index in [4.69, 9.17) is 0 Å². The number of sulfonamides is 1. The minimum Gasteiger partial charge on any atom is -0.313 e. The van der Waals surface area contributed by atoms with Crippen LogP contribution in [0.3, 0.4) is 0 Å². The lowest BCUT2D eigenvalue weighted by Gasteiger charge is -2.38. The Morgan fingerprint density at radius 2 is 1.87 bits per heavy atom. The standard InChI is InChI=1S/C18H20F3N5O3S/c1-2-30(28,29)24-13-8-22-26-15-5-3-4-14(15)25(9-16(13)26)18(27)23-10-6-11(19)17(21)12(20)7-10/h6-8,14-15,24H,2-5,9H2,1H3,(H,23,27)/t14-,15+/m0/s1. The quantitative estimate of drug-likeness (QED) is 0.710. The molecule has 1 fully saturated rings. The maximum Gasteiger partial charge on any atom is 0.322 e. The van der Waals surface area contributed by atoms with E-state index in [0.29, 0.717) is 29.9 Å². The number of benzene rings is 1. The lowest BCUT2D eigenvalue weighted by Crippen LogP contribution is -2.49. The predicted octanol–water partition coefficient (Wildman–Crippen LogP) is 3.20. The van der Waals surface area contributed by atoms with Gasteiger partial charge in [-0.05, 0) is 26.2 Å². The van der Waals surface area contributed by atoms with Crippen LogP contribution in [0.25, 0.3) is 0 Å². The average Bonchev–Trinajstić information content (AvgIpc) is 3.32. The number of fused-ring (bicyclic) bond motifs is 3. The van der Waals surface area contributed by atoms with Crippen LogP contribution in [-0.2, 0) is 16.6 Å². The molecule has 162 valence electrons. The maximum absolute atomic E-state index is 13.5. The fraction of sp³-hybridized carbons (Fsp3) is 0.444. The molecule has 2 aromatic rings. The molecule has 30 heavy (non-hydrogen) atoms. The highest BCUT2D eigenvalue weighted by molar-refractivity contribution is 7.92. The zero-order valence-corrected chi connectivity index (χ0v) is 16.8. The summed E-state index contributed by atoms with van der Waals surface area (Å²) >= 11 is 0. The summed E-state index contributed by atoms with van der Waals surface area (Å²) in [5.41, 5.74) is 0.609. The molecule has 1 aromatic heterocycles. The number of urea groups is 1. The van der Waals surface area contributed by atoms with Crippen molar-refractivity contribution >= 4 is 27.4 Å². The Bertz CT molecular complexity index is 1080. The van der Waals surface area contributed by atoms with Gasteiger partial charge in [0, 0.05) is 17.8 Å². The van der Waals surface area contributed by atoms with Crippen LogP contribution in [0.15, 0.2) is 18.3 Å². The van der Waals surface area contributed by atoms with Crippen molar-refractivity contribution in [3.63, 3.8) is 0 Å². The predicted molar refractivity (Wildman–Crippen MR) is 103 cm³/mol. The zero-order chi connectivity index (χ0) is 21.6. The third kappa shape index (κ3) is 3.59. The minimum atomic E-state index is -3.54. The van der Waals surface area contributed by atoms with Crippen LogP contribution >= 0.6 is 0 Å². The number of carbonyl (C=O) groups is 1. The molecule has 2 amide bonds. The molecular weight excluding hydrogens is 423 g/mol. The first kappa shape index (κ1) is 20.5. The van der Waals surface area contributed by atoms with Crippen molar-refractivity contribution in [1.29, 1.82) is 0 Å². The molecule has 8 nitrogen and oxygen atoms in total. The van der Waals surface area contributed by atoms with Crippen molar-refractivity contribution in [2.75, 3.05) is 15.8 Å². The molecule has 12 heteroatoms. The number of hydrogen-bond donors (Lipinski definition) is 2. The average molecular weight is 443 g/mol. The van der Waals surface area contributed by atoms with E-state index in [2.05, 4.69) is 15.1 Å². The summed E-state index contributed by atoms with van der Waals surface area (Å²) in [5, 5.41) is 6.73. The van der Waals surface area contributed by atoms with Crippen LogP contribution in [0.1, 0.15) is 37.9 Å². The molecule has 2 N–H and O–H groups in total. The van der Waals surface area contributed by atoms with Gasteiger partial charge in [-0.2, -0.15) is 5.10 Å². The molecule has 1 saturated carbocycles. The summed E-state index contributed by atoms with van der Waals surface area (Å²) < 4.78 is 68.3. The molecule has 1 aliphatic carbocycles. The van der Waals surface area contributed by atoms with Crippen molar-refractivity contribution in [2.45, 2.75) is 44.8 Å². The fourth-order valence-corrected chi connectivity index (χ4v) is 4.70. The second-order valence-corrected chi connectivity index (χ2v) is 9.34. The number of halogens is 3. The van der Waals surface area contributed by atoms with Crippen molar-refractivity contribution in [3.05, 3.63) is 41.5 Å². The highest BCUT2D eigenvalue weighted by atomic mass is 32.2. The summed E-state index contributed by atoms with van der Waals surface area (Å²) in [5.74, 6) is -4.54. The van der Waals surface area contributed by atoms with Gasteiger partial charge in [0.1, 0.15) is 0 Å². The zero-order valence-electron chi connectivity index (χ0n) is 16.0. The van der Waals surface area contributed by atoms with Gasteiger partial charge in [0.2, 0.25) is 10.0 Å². The second-order valence-electron chi connectivity index (χ2n) is 7.33. The molecule has 1 aromatic carbocycles. The van der Waals surface area contributed by atoms with E-state index in [9.17, 15) is 26.4 Å². The van der Waals surface area contributed by atoms with E-state index in [1.165, 1.54) is 18.0 Å². The van der Waals surface area contributed by atoms with Gasteiger partial charge >= 0.3 is 6.03 Å². The summed E-state index contributed by atoms with van der Waals surface area (Å²) in [6.45, 7) is 1.56. The summed E-state index contributed by atoms with van der Waals surface area (Å²) in [6, 6.07) is 0.452. The first-order chi connectivity index (χ1) is 14.2. The molecule has 2 heterocycles. The number of nitrogens with zero attached hydrogens (tertiary/aromatic N) is 3. The Kier molecular flexibility index (Phi) is 5.12. The van der Waals surface area contributed by atoms with Crippen LogP contribution in [0.4, 0.5) is 29.3 Å². The highest BCUT2D eigenvalue weighted by Gasteiger charge is 2.42. The van der Waals surface area contributed by atoms with Crippen LogP contribution in [0.5, 0.6) is 0 Å². The van der Waals surface area contributed by atoms with Gasteiger partial charge in [-0.25, -0.2) is 26.4 Å². The molecule has 0 unspecified atom stereocenters. The minimum absolute atomic E-state index is 0.0563. The first-order valence-electron chi connectivity index (χ1n) is 9.49. The number of hydrogen-bond acceptors (Lipinski definition) is 4. The Labute approximate surface area is 171 Å². The van der Waals surface area contributed by atoms with Gasteiger partial charge in [-0.15, -0.1) is 0 Å². The third-order valence-corrected chi connectivity index (χ3v) is 6.81. The van der Waals surface area contributed by atoms with E-state index < -0.39 is 33.5 Å². The van der Waals surface area contributed by atoms with E-state index in [-0.39, 0.29) is 30.1 Å². The third-order valence-electron chi connectivity index (χ3n) is 5.52. The number of rotatable bonds is 4. The first-order valence-corrected chi connectivity index (χ1v) is 11.1. The van der Waals surface area contributed by atoms with Crippen molar-refractivity contribution < 1.29 is 26.4 Å². The smallest absolute Gasteiger partial charge is 0.313 e. The van der Waals surface area contributed by atoms with Gasteiger partial charge < -0.3 is 10.2 Å². The topological polar surface area (TPSA) is 96.3 Å². The Morgan fingerprint density at radius 3 is 2.53 bits per heavy atom. The molecule has 0 bridgehead atoms. The van der Waals surface area contributed by atoms with Gasteiger partial charge in [-0.1, -0.05) is 0 Å². The summed E-state index contributed by atoms with van der Waals surface area (Å²) in [7, 11) is -3.54. The molecule has 1 aliphatic heterocycles. The SMILES string of the molecule is CCS(=O)(=O)Nc1cnn2c1CN(C(=O)Nc1cc(F)c(F)c(F)c1)[C@H]1CCC[C@H]12. The van der Waals surface area contributed by atoms with Crippen LogP contribution in [0.2, 0.25) is 0 Å². The normalized spacial score (nSPS) is 20.6. The number of carbonyl (C=O) groups excluding carboxylic acids is 1. The molecule has 2 atom stereocenters. The lowest BCUT2D eigenvalue weighted by molar-refractivity contribution is 0.139. The molecule has 0 saturated heterocycles. The van der Waals surface area contributed by atoms with Crippen molar-refractivity contribution in [3.8, 4) is 0 Å². The molecule has 0 spiro atoms. The Hall–Kier alpha value is -2.76. The van der Waals surface area contributed by atoms with E-state index in [0.717, 1.165) is 12.8 Å². The largest absolute Gasteiger partial charge is 0.322 e.